The molecule has 0 aliphatic carbocycles. The summed E-state index contributed by atoms with van der Waals surface area (Å²) in [6, 6.07) is 9.25. The van der Waals surface area contributed by atoms with Crippen molar-refractivity contribution in [2.75, 3.05) is 6.54 Å². The molecule has 5 nitrogen and oxygen atoms in total. The van der Waals surface area contributed by atoms with E-state index in [1.807, 2.05) is 52.0 Å². The summed E-state index contributed by atoms with van der Waals surface area (Å²) >= 11 is 0. The number of phenolic OH excluding ortho intramolecular Hbond substituents is 1. The topological polar surface area (TPSA) is 92.0 Å². The largest absolute Gasteiger partial charge is 0.504 e. The van der Waals surface area contributed by atoms with Crippen LogP contribution in [0.2, 0.25) is 0 Å². The summed E-state index contributed by atoms with van der Waals surface area (Å²) in [6.45, 7) is 9.90. The fourth-order valence-electron chi connectivity index (χ4n) is 3.83. The van der Waals surface area contributed by atoms with E-state index in [1.165, 1.54) is 6.92 Å². The standard InChI is InChI=1S/C23H22FN3O2.C2H6/c1-11-8-9-26-21-16(11)23(29)27-20-13(3)19(24)22(28)17(18(20)21)15-6-4-14(5-7-15)12(2)10-25;1-2/h4-9,12,28H,10,25H2,1-3H3,(H,27,29);1-2H3. The van der Waals surface area contributed by atoms with Crippen molar-refractivity contribution in [1.29, 1.82) is 0 Å². The van der Waals surface area contributed by atoms with Crippen LogP contribution in [-0.2, 0) is 0 Å². The number of rotatable bonds is 3. The van der Waals surface area contributed by atoms with E-state index in [4.69, 9.17) is 5.73 Å². The van der Waals surface area contributed by atoms with Crippen LogP contribution < -0.4 is 11.3 Å². The number of hydrogen-bond acceptors (Lipinski definition) is 4. The minimum atomic E-state index is -0.755. The Kier molecular flexibility index (Phi) is 6.41. The zero-order valence-corrected chi connectivity index (χ0v) is 18.5. The third kappa shape index (κ3) is 3.68. The van der Waals surface area contributed by atoms with Crippen molar-refractivity contribution in [3.8, 4) is 16.9 Å². The van der Waals surface area contributed by atoms with E-state index in [0.717, 1.165) is 11.1 Å². The van der Waals surface area contributed by atoms with Gasteiger partial charge >= 0.3 is 0 Å². The molecule has 2 aromatic heterocycles. The number of fused-ring (bicyclic) bond motifs is 3. The van der Waals surface area contributed by atoms with Gasteiger partial charge in [0.1, 0.15) is 0 Å². The first-order valence-electron chi connectivity index (χ1n) is 10.5. The van der Waals surface area contributed by atoms with E-state index in [9.17, 15) is 14.3 Å². The Morgan fingerprint density at radius 3 is 2.39 bits per heavy atom. The molecule has 0 radical (unpaired) electrons. The molecule has 2 heterocycles. The number of H-pyrrole nitrogens is 1. The summed E-state index contributed by atoms with van der Waals surface area (Å²) in [6.07, 6.45) is 1.61. The van der Waals surface area contributed by atoms with Crippen molar-refractivity contribution in [2.45, 2.75) is 40.5 Å². The number of hydrogen-bond donors (Lipinski definition) is 3. The van der Waals surface area contributed by atoms with Crippen molar-refractivity contribution >= 4 is 21.8 Å². The number of phenols is 1. The van der Waals surface area contributed by atoms with Gasteiger partial charge in [0.25, 0.3) is 5.56 Å². The van der Waals surface area contributed by atoms with Gasteiger partial charge in [-0.2, -0.15) is 0 Å². The molecule has 1 unspecified atom stereocenters. The van der Waals surface area contributed by atoms with Crippen LogP contribution in [0.1, 0.15) is 43.4 Å². The lowest BCUT2D eigenvalue weighted by atomic mass is 9.92. The molecule has 4 rings (SSSR count). The van der Waals surface area contributed by atoms with Gasteiger partial charge in [-0.3, -0.25) is 9.78 Å². The predicted molar refractivity (Wildman–Crippen MR) is 125 cm³/mol. The molecule has 0 bridgehead atoms. The number of aromatic nitrogens is 2. The molecule has 0 saturated heterocycles. The highest BCUT2D eigenvalue weighted by atomic mass is 19.1. The average Bonchev–Trinajstić information content (AvgIpc) is 2.79. The third-order valence-electron chi connectivity index (χ3n) is 5.63. The zero-order chi connectivity index (χ0) is 22.9. The molecule has 162 valence electrons. The Hall–Kier alpha value is -3.25. The number of aromatic amines is 1. The molecule has 2 aromatic carbocycles. The number of nitrogens with two attached hydrogens (primary N) is 1. The number of benzene rings is 2. The van der Waals surface area contributed by atoms with Gasteiger partial charge in [0.15, 0.2) is 11.6 Å². The molecule has 0 amide bonds. The Labute approximate surface area is 180 Å². The summed E-state index contributed by atoms with van der Waals surface area (Å²) in [4.78, 5) is 19.9. The van der Waals surface area contributed by atoms with Crippen LogP contribution in [0.15, 0.2) is 41.3 Å². The fraction of sp³-hybridized carbons (Fsp3) is 0.280. The summed E-state index contributed by atoms with van der Waals surface area (Å²) in [5.74, 6) is -1.02. The van der Waals surface area contributed by atoms with E-state index in [2.05, 4.69) is 9.97 Å². The van der Waals surface area contributed by atoms with Crippen LogP contribution >= 0.6 is 0 Å². The predicted octanol–water partition coefficient (Wildman–Crippen LogP) is 5.29. The zero-order valence-electron chi connectivity index (χ0n) is 18.5. The number of pyridine rings is 2. The molecule has 6 heteroatoms. The first-order valence-corrected chi connectivity index (χ1v) is 10.5. The minimum absolute atomic E-state index is 0.178. The van der Waals surface area contributed by atoms with Crippen molar-refractivity contribution in [1.82, 2.24) is 9.97 Å². The number of halogens is 1. The molecule has 0 aliphatic heterocycles. The van der Waals surface area contributed by atoms with Gasteiger partial charge in [0.05, 0.1) is 16.4 Å². The van der Waals surface area contributed by atoms with E-state index < -0.39 is 11.6 Å². The summed E-state index contributed by atoms with van der Waals surface area (Å²) in [5, 5.41) is 11.7. The maximum absolute atomic E-state index is 14.9. The SMILES string of the molecule is CC.Cc1c(F)c(O)c(-c2ccc(C(C)CN)cc2)c2c1[nH]c(=O)c1c(C)ccnc12. The van der Waals surface area contributed by atoms with Gasteiger partial charge in [-0.15, -0.1) is 0 Å². The molecule has 31 heavy (non-hydrogen) atoms. The first kappa shape index (κ1) is 22.4. The normalized spacial score (nSPS) is 12.0. The van der Waals surface area contributed by atoms with E-state index in [-0.39, 0.29) is 17.0 Å². The summed E-state index contributed by atoms with van der Waals surface area (Å²) < 4.78 is 14.9. The number of nitrogens with one attached hydrogen (secondary N) is 1. The first-order chi connectivity index (χ1) is 14.8. The molecule has 4 N–H and O–H groups in total. The Balaban J connectivity index is 0.00000132. The highest BCUT2D eigenvalue weighted by molar-refractivity contribution is 6.13. The molecular formula is C25H28FN3O2. The number of aromatic hydroxyl groups is 1. The van der Waals surface area contributed by atoms with E-state index in [1.54, 1.807) is 12.3 Å². The fourth-order valence-corrected chi connectivity index (χ4v) is 3.83. The third-order valence-corrected chi connectivity index (χ3v) is 5.63. The van der Waals surface area contributed by atoms with Crippen molar-refractivity contribution in [3.63, 3.8) is 0 Å². The van der Waals surface area contributed by atoms with E-state index in [0.29, 0.717) is 39.5 Å². The second-order valence-electron chi connectivity index (χ2n) is 7.48. The Morgan fingerprint density at radius 2 is 1.77 bits per heavy atom. The van der Waals surface area contributed by atoms with E-state index >= 15 is 0 Å². The van der Waals surface area contributed by atoms with Crippen molar-refractivity contribution in [2.24, 2.45) is 5.73 Å². The quantitative estimate of drug-likeness (QED) is 0.392. The number of aryl methyl sites for hydroxylation is 2. The average molecular weight is 422 g/mol. The van der Waals surface area contributed by atoms with Crippen LogP contribution in [0, 0.1) is 19.7 Å². The monoisotopic (exact) mass is 421 g/mol. The summed E-state index contributed by atoms with van der Waals surface area (Å²) in [7, 11) is 0. The van der Waals surface area contributed by atoms with Crippen LogP contribution in [-0.4, -0.2) is 21.6 Å². The molecule has 4 aromatic rings. The molecular weight excluding hydrogens is 393 g/mol. The minimum Gasteiger partial charge on any atom is -0.504 e. The highest BCUT2D eigenvalue weighted by Gasteiger charge is 2.22. The Morgan fingerprint density at radius 1 is 1.13 bits per heavy atom. The van der Waals surface area contributed by atoms with Crippen LogP contribution in [0.3, 0.4) is 0 Å². The Bertz CT molecular complexity index is 1310. The van der Waals surface area contributed by atoms with Crippen LogP contribution in [0.25, 0.3) is 32.9 Å². The lowest BCUT2D eigenvalue weighted by molar-refractivity contribution is 0.433. The van der Waals surface area contributed by atoms with Crippen molar-refractivity contribution < 1.29 is 9.50 Å². The molecule has 0 aliphatic rings. The smallest absolute Gasteiger partial charge is 0.258 e. The molecule has 0 saturated carbocycles. The highest BCUT2D eigenvalue weighted by Crippen LogP contribution is 2.42. The second-order valence-corrected chi connectivity index (χ2v) is 7.48. The lowest BCUT2D eigenvalue weighted by Gasteiger charge is -2.16. The van der Waals surface area contributed by atoms with Gasteiger partial charge < -0.3 is 15.8 Å². The maximum atomic E-state index is 14.9. The summed E-state index contributed by atoms with van der Waals surface area (Å²) in [5.41, 5.74) is 9.14. The van der Waals surface area contributed by atoms with Gasteiger partial charge in [-0.25, -0.2) is 4.39 Å². The van der Waals surface area contributed by atoms with Gasteiger partial charge in [-0.05, 0) is 49.1 Å². The molecule has 0 fully saturated rings. The van der Waals surface area contributed by atoms with Crippen LogP contribution in [0.5, 0.6) is 5.75 Å². The second kappa shape index (κ2) is 8.86. The van der Waals surface area contributed by atoms with Gasteiger partial charge in [-0.1, -0.05) is 45.0 Å². The molecule has 1 atom stereocenters. The maximum Gasteiger partial charge on any atom is 0.258 e. The number of nitrogens with zero attached hydrogens (tertiary/aromatic N) is 1. The van der Waals surface area contributed by atoms with Crippen molar-refractivity contribution in [3.05, 3.63) is 69.4 Å². The van der Waals surface area contributed by atoms with Gasteiger partial charge in [0.2, 0.25) is 0 Å². The molecule has 0 spiro atoms. The van der Waals surface area contributed by atoms with Crippen LogP contribution in [0.4, 0.5) is 4.39 Å². The van der Waals surface area contributed by atoms with Gasteiger partial charge in [0, 0.05) is 22.7 Å². The lowest BCUT2D eigenvalue weighted by Crippen LogP contribution is -2.11.